The summed E-state index contributed by atoms with van der Waals surface area (Å²) < 4.78 is 75.7. The Kier molecular flexibility index (Phi) is 9.24. The van der Waals surface area contributed by atoms with Crippen LogP contribution in [0.1, 0.15) is 18.4 Å². The lowest BCUT2D eigenvalue weighted by atomic mass is 10.1. The van der Waals surface area contributed by atoms with Gasteiger partial charge in [0.15, 0.2) is 0 Å². The lowest BCUT2D eigenvalue weighted by Gasteiger charge is -2.25. The van der Waals surface area contributed by atoms with Gasteiger partial charge in [0.05, 0.1) is 31.2 Å². The van der Waals surface area contributed by atoms with Crippen molar-refractivity contribution in [2.45, 2.75) is 19.0 Å². The number of amides is 1. The molecule has 1 N–H and O–H groups in total. The van der Waals surface area contributed by atoms with E-state index >= 15 is 0 Å². The van der Waals surface area contributed by atoms with Gasteiger partial charge in [-0.1, -0.05) is 11.6 Å². The summed E-state index contributed by atoms with van der Waals surface area (Å²) in [4.78, 5) is 12.0. The second-order valence-corrected chi connectivity index (χ2v) is 9.32. The van der Waals surface area contributed by atoms with E-state index in [-0.39, 0.29) is 43.5 Å². The number of rotatable bonds is 11. The molecule has 0 radical (unpaired) electrons. The number of anilines is 1. The van der Waals surface area contributed by atoms with Crippen molar-refractivity contribution in [1.82, 2.24) is 5.32 Å². The molecule has 182 valence electrons. The highest BCUT2D eigenvalue weighted by Crippen LogP contribution is 2.39. The highest BCUT2D eigenvalue weighted by atomic mass is 35.5. The minimum Gasteiger partial charge on any atom is -0.497 e. The Morgan fingerprint density at radius 3 is 2.33 bits per heavy atom. The molecule has 0 fully saturated rings. The van der Waals surface area contributed by atoms with Gasteiger partial charge < -0.3 is 14.8 Å². The van der Waals surface area contributed by atoms with E-state index < -0.39 is 27.5 Å². The van der Waals surface area contributed by atoms with Crippen molar-refractivity contribution >= 4 is 33.2 Å². The van der Waals surface area contributed by atoms with Gasteiger partial charge in [0.2, 0.25) is 15.9 Å². The molecular weight excluding hydrogens is 485 g/mol. The van der Waals surface area contributed by atoms with Gasteiger partial charge in [-0.05, 0) is 48.9 Å². The lowest BCUT2D eigenvalue weighted by molar-refractivity contribution is -0.137. The molecule has 0 unspecified atom stereocenters. The van der Waals surface area contributed by atoms with Crippen LogP contribution in [0, 0.1) is 0 Å². The van der Waals surface area contributed by atoms with Gasteiger partial charge in [0.1, 0.15) is 18.1 Å². The maximum absolute atomic E-state index is 13.4. The fraction of sp³-hybridized carbons (Fsp3) is 0.381. The molecule has 12 heteroatoms. The summed E-state index contributed by atoms with van der Waals surface area (Å²) in [6, 6.07) is 9.74. The molecule has 2 aromatic rings. The van der Waals surface area contributed by atoms with Crippen molar-refractivity contribution in [2.24, 2.45) is 0 Å². The number of nitrogens with zero attached hydrogens (tertiary/aromatic N) is 1. The zero-order valence-electron chi connectivity index (χ0n) is 18.0. The molecular formula is C21H24ClF3N2O5S. The Bertz CT molecular complexity index is 1050. The van der Waals surface area contributed by atoms with Crippen LogP contribution < -0.4 is 19.1 Å². The largest absolute Gasteiger partial charge is 0.497 e. The predicted molar refractivity (Wildman–Crippen MR) is 119 cm³/mol. The fourth-order valence-corrected chi connectivity index (χ4v) is 4.07. The van der Waals surface area contributed by atoms with Gasteiger partial charge in [0.25, 0.3) is 0 Å². The quantitative estimate of drug-likeness (QED) is 0.462. The Morgan fingerprint density at radius 1 is 1.12 bits per heavy atom. The molecule has 0 atom stereocenters. The van der Waals surface area contributed by atoms with Gasteiger partial charge in [-0.3, -0.25) is 9.10 Å². The molecule has 0 aliphatic heterocycles. The number of methoxy groups -OCH3 is 1. The first-order valence-electron chi connectivity index (χ1n) is 9.80. The SMILES string of the molecule is COc1ccc(OCCNC(=O)CCCN(c2ccc(Cl)cc2C(F)(F)F)S(C)(=O)=O)cc1. The van der Waals surface area contributed by atoms with Crippen molar-refractivity contribution < 1.29 is 35.9 Å². The van der Waals surface area contributed by atoms with Crippen LogP contribution in [0.5, 0.6) is 11.5 Å². The average molecular weight is 509 g/mol. The third-order valence-electron chi connectivity index (χ3n) is 4.45. The van der Waals surface area contributed by atoms with Crippen molar-refractivity contribution in [3.05, 3.63) is 53.1 Å². The van der Waals surface area contributed by atoms with E-state index in [2.05, 4.69) is 5.32 Å². The predicted octanol–water partition coefficient (Wildman–Crippen LogP) is 4.11. The van der Waals surface area contributed by atoms with Gasteiger partial charge >= 0.3 is 6.18 Å². The first kappa shape index (κ1) is 26.6. The number of sulfonamides is 1. The zero-order chi connectivity index (χ0) is 24.6. The molecule has 0 saturated heterocycles. The fourth-order valence-electron chi connectivity index (χ4n) is 2.92. The first-order chi connectivity index (χ1) is 15.4. The molecule has 0 aliphatic rings. The van der Waals surface area contributed by atoms with Gasteiger partial charge in [-0.2, -0.15) is 13.2 Å². The minimum absolute atomic E-state index is 0.0121. The first-order valence-corrected chi connectivity index (χ1v) is 12.0. The third kappa shape index (κ3) is 8.32. The Hall–Kier alpha value is -2.66. The summed E-state index contributed by atoms with van der Waals surface area (Å²) in [5.41, 5.74) is -1.71. The average Bonchev–Trinajstić information content (AvgIpc) is 2.73. The normalized spacial score (nSPS) is 11.7. The van der Waals surface area contributed by atoms with E-state index in [0.717, 1.165) is 12.3 Å². The summed E-state index contributed by atoms with van der Waals surface area (Å²) >= 11 is 5.66. The number of nitrogens with one attached hydrogen (secondary N) is 1. The molecule has 7 nitrogen and oxygen atoms in total. The second-order valence-electron chi connectivity index (χ2n) is 6.97. The monoisotopic (exact) mass is 508 g/mol. The van der Waals surface area contributed by atoms with Crippen LogP contribution >= 0.6 is 11.6 Å². The molecule has 0 bridgehead atoms. The number of carbonyl (C=O) groups excluding carboxylic acids is 1. The number of hydrogen-bond donors (Lipinski definition) is 1. The van der Waals surface area contributed by atoms with Crippen LogP contribution in [0.3, 0.4) is 0 Å². The topological polar surface area (TPSA) is 84.9 Å². The molecule has 0 heterocycles. The van der Waals surface area contributed by atoms with E-state index in [1.807, 2.05) is 0 Å². The van der Waals surface area contributed by atoms with Crippen LogP contribution in [-0.2, 0) is 21.0 Å². The zero-order valence-corrected chi connectivity index (χ0v) is 19.6. The number of carbonyl (C=O) groups is 1. The smallest absolute Gasteiger partial charge is 0.418 e. The van der Waals surface area contributed by atoms with Gasteiger partial charge in [-0.15, -0.1) is 0 Å². The molecule has 0 aromatic heterocycles. The molecule has 0 saturated carbocycles. The number of benzene rings is 2. The molecule has 33 heavy (non-hydrogen) atoms. The summed E-state index contributed by atoms with van der Waals surface area (Å²) in [6.45, 7) is 0.0998. The Morgan fingerprint density at radius 2 is 1.76 bits per heavy atom. The summed E-state index contributed by atoms with van der Waals surface area (Å²) in [7, 11) is -2.49. The summed E-state index contributed by atoms with van der Waals surface area (Å²) in [5.74, 6) is 0.894. The van der Waals surface area contributed by atoms with Crippen molar-refractivity contribution in [1.29, 1.82) is 0 Å². The molecule has 0 spiro atoms. The van der Waals surface area contributed by atoms with E-state index in [1.54, 1.807) is 31.4 Å². The van der Waals surface area contributed by atoms with Crippen LogP contribution in [-0.4, -0.2) is 47.4 Å². The summed E-state index contributed by atoms with van der Waals surface area (Å²) in [6.07, 6.45) is -4.07. The highest BCUT2D eigenvalue weighted by Gasteiger charge is 2.36. The van der Waals surface area contributed by atoms with Crippen LogP contribution in [0.15, 0.2) is 42.5 Å². The number of hydrogen-bond acceptors (Lipinski definition) is 5. The highest BCUT2D eigenvalue weighted by molar-refractivity contribution is 7.92. The lowest BCUT2D eigenvalue weighted by Crippen LogP contribution is -2.34. The maximum atomic E-state index is 13.4. The van der Waals surface area contributed by atoms with Crippen molar-refractivity contribution in [3.8, 4) is 11.5 Å². The Balaban J connectivity index is 1.89. The summed E-state index contributed by atoms with van der Waals surface area (Å²) in [5, 5.41) is 2.45. The van der Waals surface area contributed by atoms with Gasteiger partial charge in [-0.25, -0.2) is 8.42 Å². The van der Waals surface area contributed by atoms with Gasteiger partial charge in [0, 0.05) is 18.0 Å². The number of ether oxygens (including phenoxy) is 2. The standard InChI is InChI=1S/C21H24ClF3N2O5S/c1-31-16-6-8-17(9-7-16)32-13-11-26-20(28)4-3-12-27(33(2,29)30)19-10-5-15(22)14-18(19)21(23,24)25/h5-10,14H,3-4,11-13H2,1-2H3,(H,26,28). The number of alkyl halides is 3. The third-order valence-corrected chi connectivity index (χ3v) is 5.87. The van der Waals surface area contributed by atoms with Crippen LogP contribution in [0.2, 0.25) is 5.02 Å². The van der Waals surface area contributed by atoms with E-state index in [1.165, 1.54) is 6.07 Å². The molecule has 2 rings (SSSR count). The molecule has 0 aliphatic carbocycles. The van der Waals surface area contributed by atoms with E-state index in [4.69, 9.17) is 21.1 Å². The van der Waals surface area contributed by atoms with Crippen LogP contribution in [0.4, 0.5) is 18.9 Å². The van der Waals surface area contributed by atoms with Crippen LogP contribution in [0.25, 0.3) is 0 Å². The second kappa shape index (κ2) is 11.5. The van der Waals surface area contributed by atoms with E-state index in [9.17, 15) is 26.4 Å². The minimum atomic E-state index is -4.80. The Labute approximate surface area is 195 Å². The molecule has 2 aromatic carbocycles. The van der Waals surface area contributed by atoms with E-state index in [0.29, 0.717) is 21.9 Å². The van der Waals surface area contributed by atoms with Crippen molar-refractivity contribution in [3.63, 3.8) is 0 Å². The van der Waals surface area contributed by atoms with Crippen molar-refractivity contribution in [2.75, 3.05) is 37.4 Å². The molecule has 1 amide bonds. The number of halogens is 4. The maximum Gasteiger partial charge on any atom is 0.418 e.